The van der Waals surface area contributed by atoms with E-state index in [0.717, 1.165) is 0 Å². The fraction of sp³-hybridized carbons (Fsp3) is 0.350. The van der Waals surface area contributed by atoms with Crippen LogP contribution in [0.25, 0.3) is 10.9 Å². The number of fused-ring (bicyclic) bond motifs is 1. The van der Waals surface area contributed by atoms with E-state index in [1.807, 2.05) is 13.8 Å². The third-order valence-electron chi connectivity index (χ3n) is 4.30. The van der Waals surface area contributed by atoms with Crippen molar-refractivity contribution in [2.45, 2.75) is 30.8 Å². The normalized spacial score (nSPS) is 12.5. The van der Waals surface area contributed by atoms with Crippen molar-refractivity contribution in [1.82, 2.24) is 14.5 Å². The van der Waals surface area contributed by atoms with E-state index < -0.39 is 0 Å². The van der Waals surface area contributed by atoms with Crippen molar-refractivity contribution >= 4 is 40.2 Å². The zero-order valence-electron chi connectivity index (χ0n) is 16.2. The number of carbonyl (C=O) groups is 1. The van der Waals surface area contributed by atoms with Gasteiger partial charge in [0, 0.05) is 19.1 Å². The number of amides is 1. The minimum atomic E-state index is -0.374. The van der Waals surface area contributed by atoms with E-state index in [4.69, 9.17) is 16.0 Å². The Morgan fingerprint density at radius 2 is 2.07 bits per heavy atom. The molecule has 0 aliphatic rings. The van der Waals surface area contributed by atoms with Crippen LogP contribution in [-0.2, 0) is 11.3 Å². The highest BCUT2D eigenvalue weighted by Gasteiger charge is 2.27. The van der Waals surface area contributed by atoms with E-state index in [-0.39, 0.29) is 29.2 Å². The van der Waals surface area contributed by atoms with Gasteiger partial charge in [-0.3, -0.25) is 14.2 Å². The fourth-order valence-electron chi connectivity index (χ4n) is 2.80. The van der Waals surface area contributed by atoms with Gasteiger partial charge in [-0.15, -0.1) is 0 Å². The lowest BCUT2D eigenvalue weighted by molar-refractivity contribution is -0.128. The molecular formula is C20H22ClN3O3S. The molecule has 3 aromatic rings. The maximum Gasteiger partial charge on any atom is 0.262 e. The molecule has 0 radical (unpaired) electrons. The number of hydrogen-bond acceptors (Lipinski definition) is 5. The molecule has 1 amide bonds. The minimum Gasteiger partial charge on any atom is -0.467 e. The van der Waals surface area contributed by atoms with Gasteiger partial charge in [0.1, 0.15) is 5.76 Å². The van der Waals surface area contributed by atoms with Gasteiger partial charge < -0.3 is 9.32 Å². The molecule has 148 valence electrons. The Morgan fingerprint density at radius 1 is 1.32 bits per heavy atom. The molecule has 0 fully saturated rings. The summed E-state index contributed by atoms with van der Waals surface area (Å²) in [6.45, 7) is 4.19. The lowest BCUT2D eigenvalue weighted by Crippen LogP contribution is -2.36. The minimum absolute atomic E-state index is 0.0232. The first-order chi connectivity index (χ1) is 13.3. The van der Waals surface area contributed by atoms with Crippen LogP contribution in [0.5, 0.6) is 0 Å². The molecule has 0 bridgehead atoms. The molecule has 0 N–H and O–H groups in total. The van der Waals surface area contributed by atoms with Crippen LogP contribution in [0, 0.1) is 5.92 Å². The number of halogens is 1. The third-order valence-corrected chi connectivity index (χ3v) is 6.06. The second kappa shape index (κ2) is 8.41. The highest BCUT2D eigenvalue weighted by Crippen LogP contribution is 2.29. The summed E-state index contributed by atoms with van der Waals surface area (Å²) in [5, 5.41) is 1.07. The van der Waals surface area contributed by atoms with E-state index in [1.165, 1.54) is 11.8 Å². The predicted octanol–water partition coefficient (Wildman–Crippen LogP) is 3.90. The Hall–Kier alpha value is -2.25. The second-order valence-corrected chi connectivity index (χ2v) is 8.59. The first-order valence-corrected chi connectivity index (χ1v) is 10.1. The van der Waals surface area contributed by atoms with Gasteiger partial charge in [-0.05, 0) is 36.2 Å². The molecule has 0 aliphatic carbocycles. The van der Waals surface area contributed by atoms with Crippen molar-refractivity contribution in [3.8, 4) is 0 Å². The highest BCUT2D eigenvalue weighted by atomic mass is 35.5. The van der Waals surface area contributed by atoms with Gasteiger partial charge in [-0.1, -0.05) is 37.2 Å². The molecular weight excluding hydrogens is 398 g/mol. The van der Waals surface area contributed by atoms with Crippen LogP contribution in [0.15, 0.2) is 51.0 Å². The predicted molar refractivity (Wildman–Crippen MR) is 112 cm³/mol. The number of aromatic nitrogens is 2. The van der Waals surface area contributed by atoms with E-state index >= 15 is 0 Å². The van der Waals surface area contributed by atoms with Crippen molar-refractivity contribution < 1.29 is 9.21 Å². The third kappa shape index (κ3) is 4.25. The summed E-state index contributed by atoms with van der Waals surface area (Å²) in [4.78, 5) is 32.1. The zero-order chi connectivity index (χ0) is 20.4. The smallest absolute Gasteiger partial charge is 0.262 e. The van der Waals surface area contributed by atoms with Crippen LogP contribution in [0.2, 0.25) is 5.02 Å². The summed E-state index contributed by atoms with van der Waals surface area (Å²) in [5.74, 6) is 0.674. The fourth-order valence-corrected chi connectivity index (χ4v) is 4.20. The summed E-state index contributed by atoms with van der Waals surface area (Å²) in [6.07, 6.45) is 1.56. The number of nitrogens with zero attached hydrogens (tertiary/aromatic N) is 3. The lowest BCUT2D eigenvalue weighted by Gasteiger charge is -2.24. The van der Waals surface area contributed by atoms with Gasteiger partial charge in [-0.25, -0.2) is 4.98 Å². The summed E-state index contributed by atoms with van der Waals surface area (Å²) in [6, 6.07) is 8.58. The van der Waals surface area contributed by atoms with Gasteiger partial charge in [0.15, 0.2) is 5.16 Å². The molecule has 6 nitrogen and oxygen atoms in total. The monoisotopic (exact) mass is 419 g/mol. The van der Waals surface area contributed by atoms with Crippen LogP contribution in [-0.4, -0.2) is 39.7 Å². The molecule has 0 saturated carbocycles. The number of benzene rings is 1. The van der Waals surface area contributed by atoms with Crippen molar-refractivity contribution in [2.75, 3.05) is 14.1 Å². The molecule has 8 heteroatoms. The summed E-state index contributed by atoms with van der Waals surface area (Å²) in [7, 11) is 3.45. The van der Waals surface area contributed by atoms with Crippen LogP contribution < -0.4 is 5.56 Å². The number of furan rings is 1. The van der Waals surface area contributed by atoms with E-state index in [9.17, 15) is 9.59 Å². The van der Waals surface area contributed by atoms with E-state index in [0.29, 0.717) is 26.8 Å². The number of hydrogen-bond donors (Lipinski definition) is 0. The first kappa shape index (κ1) is 20.5. The van der Waals surface area contributed by atoms with Gasteiger partial charge in [0.25, 0.3) is 5.56 Å². The van der Waals surface area contributed by atoms with Gasteiger partial charge in [0.2, 0.25) is 5.91 Å². The van der Waals surface area contributed by atoms with Gasteiger partial charge in [-0.2, -0.15) is 0 Å². The van der Waals surface area contributed by atoms with Crippen molar-refractivity contribution in [3.63, 3.8) is 0 Å². The van der Waals surface area contributed by atoms with Crippen molar-refractivity contribution in [1.29, 1.82) is 0 Å². The second-order valence-electron chi connectivity index (χ2n) is 7.04. The molecule has 1 unspecified atom stereocenters. The summed E-state index contributed by atoms with van der Waals surface area (Å²) >= 11 is 7.39. The van der Waals surface area contributed by atoms with Gasteiger partial charge >= 0.3 is 0 Å². The maximum atomic E-state index is 13.2. The number of thioether (sulfide) groups is 1. The van der Waals surface area contributed by atoms with Gasteiger partial charge in [0.05, 0.1) is 29.0 Å². The quantitative estimate of drug-likeness (QED) is 0.447. The van der Waals surface area contributed by atoms with E-state index in [2.05, 4.69) is 4.98 Å². The van der Waals surface area contributed by atoms with Crippen molar-refractivity contribution in [3.05, 3.63) is 57.7 Å². The van der Waals surface area contributed by atoms with Crippen molar-refractivity contribution in [2.24, 2.45) is 5.92 Å². The Morgan fingerprint density at radius 3 is 2.68 bits per heavy atom. The van der Waals surface area contributed by atoms with E-state index in [1.54, 1.807) is 60.2 Å². The Labute approximate surface area is 172 Å². The Balaban J connectivity index is 2.15. The van der Waals surface area contributed by atoms with Crippen LogP contribution in [0.4, 0.5) is 0 Å². The molecule has 1 aromatic carbocycles. The molecule has 2 heterocycles. The Kier molecular flexibility index (Phi) is 6.15. The summed E-state index contributed by atoms with van der Waals surface area (Å²) in [5.41, 5.74) is 0.316. The SMILES string of the molecule is CC(C)C(Sc1nc2cc(Cl)ccc2c(=O)n1Cc1ccco1)C(=O)N(C)C. The largest absolute Gasteiger partial charge is 0.467 e. The van der Waals surface area contributed by atoms with Crippen LogP contribution in [0.3, 0.4) is 0 Å². The Bertz CT molecular complexity index is 1040. The number of carbonyl (C=O) groups excluding carboxylic acids is 1. The zero-order valence-corrected chi connectivity index (χ0v) is 17.8. The molecule has 3 rings (SSSR count). The summed E-state index contributed by atoms with van der Waals surface area (Å²) < 4.78 is 6.98. The standard InChI is InChI=1S/C20H22ClN3O3S/c1-12(2)17(19(26)23(3)4)28-20-22-16-10-13(21)7-8-15(16)18(25)24(20)11-14-6-5-9-27-14/h5-10,12,17H,11H2,1-4H3. The molecule has 0 aliphatic heterocycles. The molecule has 28 heavy (non-hydrogen) atoms. The topological polar surface area (TPSA) is 68.3 Å². The highest BCUT2D eigenvalue weighted by molar-refractivity contribution is 8.00. The molecule has 0 spiro atoms. The molecule has 1 atom stereocenters. The molecule has 0 saturated heterocycles. The van der Waals surface area contributed by atoms with Crippen LogP contribution in [0.1, 0.15) is 19.6 Å². The number of rotatable bonds is 6. The average Bonchev–Trinajstić information content (AvgIpc) is 3.14. The lowest BCUT2D eigenvalue weighted by atomic mass is 10.1. The van der Waals surface area contributed by atoms with Crippen LogP contribution >= 0.6 is 23.4 Å². The average molecular weight is 420 g/mol. The first-order valence-electron chi connectivity index (χ1n) is 8.88. The maximum absolute atomic E-state index is 13.2. The molecule has 2 aromatic heterocycles.